The van der Waals surface area contributed by atoms with Gasteiger partial charge in [0.05, 0.1) is 22.2 Å². The van der Waals surface area contributed by atoms with Crippen molar-refractivity contribution < 1.29 is 14.8 Å². The Bertz CT molecular complexity index is 1350. The Labute approximate surface area is 174 Å². The number of nitro groups is 1. The van der Waals surface area contributed by atoms with Crippen LogP contribution in [0.3, 0.4) is 0 Å². The van der Waals surface area contributed by atoms with Gasteiger partial charge in [-0.15, -0.1) is 0 Å². The Balaban J connectivity index is 1.57. The van der Waals surface area contributed by atoms with Crippen molar-refractivity contribution in [3.63, 3.8) is 0 Å². The number of halogens is 1. The average molecular weight is 421 g/mol. The molecule has 0 unspecified atom stereocenters. The van der Waals surface area contributed by atoms with Crippen LogP contribution < -0.4 is 5.43 Å². The first-order chi connectivity index (χ1) is 14.4. The minimum Gasteiger partial charge on any atom is -0.507 e. The van der Waals surface area contributed by atoms with Crippen molar-refractivity contribution in [2.75, 3.05) is 0 Å². The number of hydrazone groups is 1. The zero-order valence-corrected chi connectivity index (χ0v) is 16.0. The standard InChI is InChI=1S/C21H13ClN4O4/c22-20-15(7-14-5-6-16(26(29)30)10-18(14)24-20)11-23-25-21(28)17-8-12-3-1-2-4-13(12)9-19(17)27/h1-11,27H,(H,25,28)/b23-11-. The molecule has 0 aliphatic heterocycles. The minimum atomic E-state index is -0.588. The van der Waals surface area contributed by atoms with Crippen LogP contribution in [-0.4, -0.2) is 27.1 Å². The van der Waals surface area contributed by atoms with Crippen LogP contribution in [0, 0.1) is 10.1 Å². The molecule has 0 bridgehead atoms. The monoisotopic (exact) mass is 420 g/mol. The van der Waals surface area contributed by atoms with Crippen LogP contribution in [0.1, 0.15) is 15.9 Å². The van der Waals surface area contributed by atoms with E-state index in [2.05, 4.69) is 15.5 Å². The number of amides is 1. The number of rotatable bonds is 4. The van der Waals surface area contributed by atoms with Crippen molar-refractivity contribution in [1.29, 1.82) is 0 Å². The Kier molecular flexibility index (Phi) is 4.99. The number of phenolic OH excluding ortho intramolecular Hbond substituents is 1. The number of benzene rings is 3. The molecule has 4 rings (SSSR count). The largest absolute Gasteiger partial charge is 0.507 e. The first-order valence-electron chi connectivity index (χ1n) is 8.72. The molecule has 0 spiro atoms. The molecule has 4 aromatic rings. The van der Waals surface area contributed by atoms with Crippen LogP contribution in [0.15, 0.2) is 65.8 Å². The zero-order chi connectivity index (χ0) is 21.3. The summed E-state index contributed by atoms with van der Waals surface area (Å²) in [5.41, 5.74) is 3.13. The highest BCUT2D eigenvalue weighted by Gasteiger charge is 2.12. The third kappa shape index (κ3) is 3.76. The molecule has 1 amide bonds. The summed E-state index contributed by atoms with van der Waals surface area (Å²) in [6, 6.07) is 16.3. The van der Waals surface area contributed by atoms with Crippen molar-refractivity contribution >= 4 is 51.1 Å². The Morgan fingerprint density at radius 3 is 2.57 bits per heavy atom. The summed E-state index contributed by atoms with van der Waals surface area (Å²) in [6.07, 6.45) is 1.31. The number of carbonyl (C=O) groups is 1. The number of pyridine rings is 1. The van der Waals surface area contributed by atoms with E-state index in [0.717, 1.165) is 10.8 Å². The predicted molar refractivity (Wildman–Crippen MR) is 114 cm³/mol. The Morgan fingerprint density at radius 1 is 1.10 bits per heavy atom. The normalized spacial score (nSPS) is 11.2. The van der Waals surface area contributed by atoms with Gasteiger partial charge in [0.2, 0.25) is 0 Å². The molecule has 9 heteroatoms. The molecular formula is C21H13ClN4O4. The molecule has 148 valence electrons. The van der Waals surface area contributed by atoms with Crippen molar-refractivity contribution in [2.24, 2.45) is 5.10 Å². The SMILES string of the molecule is O=C(N/N=C\c1cc2ccc([N+](=O)[O-])cc2nc1Cl)c1cc2ccccc2cc1O. The third-order valence-corrected chi connectivity index (χ3v) is 4.77. The number of hydrogen-bond acceptors (Lipinski definition) is 6. The summed E-state index contributed by atoms with van der Waals surface area (Å²) < 4.78 is 0. The number of non-ortho nitro benzene ring substituents is 1. The number of phenols is 1. The summed E-state index contributed by atoms with van der Waals surface area (Å²) in [5.74, 6) is -0.747. The molecule has 3 aromatic carbocycles. The van der Waals surface area contributed by atoms with Crippen molar-refractivity contribution in [3.8, 4) is 5.75 Å². The number of nitrogens with zero attached hydrogens (tertiary/aromatic N) is 3. The van der Waals surface area contributed by atoms with Crippen molar-refractivity contribution in [1.82, 2.24) is 10.4 Å². The molecule has 30 heavy (non-hydrogen) atoms. The van der Waals surface area contributed by atoms with Gasteiger partial charge in [0.1, 0.15) is 10.9 Å². The van der Waals surface area contributed by atoms with E-state index in [1.165, 1.54) is 24.4 Å². The number of fused-ring (bicyclic) bond motifs is 2. The summed E-state index contributed by atoms with van der Waals surface area (Å²) in [5, 5.41) is 27.2. The summed E-state index contributed by atoms with van der Waals surface area (Å²) in [7, 11) is 0. The second-order valence-corrected chi connectivity index (χ2v) is 6.78. The van der Waals surface area contributed by atoms with Gasteiger partial charge >= 0.3 is 0 Å². The lowest BCUT2D eigenvalue weighted by atomic mass is 10.1. The average Bonchev–Trinajstić information content (AvgIpc) is 2.73. The topological polar surface area (TPSA) is 118 Å². The second kappa shape index (κ2) is 7.76. The van der Waals surface area contributed by atoms with Gasteiger partial charge in [-0.3, -0.25) is 14.9 Å². The first-order valence-corrected chi connectivity index (χ1v) is 9.10. The molecular weight excluding hydrogens is 408 g/mol. The number of aromatic nitrogens is 1. The first kappa shape index (κ1) is 19.3. The third-order valence-electron chi connectivity index (χ3n) is 4.47. The summed E-state index contributed by atoms with van der Waals surface area (Å²) >= 11 is 6.13. The van der Waals surface area contributed by atoms with Gasteiger partial charge in [0.25, 0.3) is 11.6 Å². The van der Waals surface area contributed by atoms with Gasteiger partial charge in [0, 0.05) is 23.1 Å². The van der Waals surface area contributed by atoms with E-state index < -0.39 is 10.8 Å². The molecule has 0 aliphatic carbocycles. The lowest BCUT2D eigenvalue weighted by Crippen LogP contribution is -2.17. The lowest BCUT2D eigenvalue weighted by molar-refractivity contribution is -0.384. The van der Waals surface area contributed by atoms with E-state index in [0.29, 0.717) is 16.5 Å². The number of hydrogen-bond donors (Lipinski definition) is 2. The molecule has 1 heterocycles. The Morgan fingerprint density at radius 2 is 1.83 bits per heavy atom. The van der Waals surface area contributed by atoms with Gasteiger partial charge in [-0.2, -0.15) is 5.10 Å². The van der Waals surface area contributed by atoms with E-state index in [1.807, 2.05) is 24.3 Å². The molecule has 8 nitrogen and oxygen atoms in total. The second-order valence-electron chi connectivity index (χ2n) is 6.42. The molecule has 1 aromatic heterocycles. The lowest BCUT2D eigenvalue weighted by Gasteiger charge is -2.06. The van der Waals surface area contributed by atoms with E-state index in [-0.39, 0.29) is 22.2 Å². The van der Waals surface area contributed by atoms with Crippen LogP contribution in [0.4, 0.5) is 5.69 Å². The fraction of sp³-hybridized carbons (Fsp3) is 0. The number of nitro benzene ring substituents is 1. The Hall–Kier alpha value is -4.04. The van der Waals surface area contributed by atoms with Gasteiger partial charge in [-0.1, -0.05) is 35.9 Å². The maximum absolute atomic E-state index is 12.4. The summed E-state index contributed by atoms with van der Waals surface area (Å²) in [4.78, 5) is 26.9. The smallest absolute Gasteiger partial charge is 0.275 e. The highest BCUT2D eigenvalue weighted by Crippen LogP contribution is 2.25. The van der Waals surface area contributed by atoms with Gasteiger partial charge in [-0.05, 0) is 35.0 Å². The summed E-state index contributed by atoms with van der Waals surface area (Å²) in [6.45, 7) is 0. The van der Waals surface area contributed by atoms with Crippen LogP contribution in [0.2, 0.25) is 5.15 Å². The predicted octanol–water partition coefficient (Wildman–Crippen LogP) is 4.42. The van der Waals surface area contributed by atoms with Crippen LogP contribution in [-0.2, 0) is 0 Å². The number of carbonyl (C=O) groups excluding carboxylic acids is 1. The minimum absolute atomic E-state index is 0.0783. The number of nitrogens with one attached hydrogen (secondary N) is 1. The van der Waals surface area contributed by atoms with Crippen molar-refractivity contribution in [2.45, 2.75) is 0 Å². The molecule has 2 N–H and O–H groups in total. The van der Waals surface area contributed by atoms with Crippen LogP contribution in [0.5, 0.6) is 5.75 Å². The van der Waals surface area contributed by atoms with Crippen LogP contribution in [0.25, 0.3) is 21.7 Å². The maximum Gasteiger partial charge on any atom is 0.275 e. The zero-order valence-electron chi connectivity index (χ0n) is 15.2. The molecule has 0 saturated heterocycles. The van der Waals surface area contributed by atoms with Gasteiger partial charge in [0.15, 0.2) is 0 Å². The van der Waals surface area contributed by atoms with Crippen LogP contribution >= 0.6 is 11.6 Å². The molecule has 0 radical (unpaired) electrons. The van der Waals surface area contributed by atoms with Gasteiger partial charge in [-0.25, -0.2) is 10.4 Å². The molecule has 0 atom stereocenters. The molecule has 0 saturated carbocycles. The van der Waals surface area contributed by atoms with Gasteiger partial charge < -0.3 is 5.11 Å². The molecule has 0 fully saturated rings. The highest BCUT2D eigenvalue weighted by molar-refractivity contribution is 6.32. The number of aromatic hydroxyl groups is 1. The quantitative estimate of drug-likeness (QED) is 0.219. The van der Waals surface area contributed by atoms with E-state index in [9.17, 15) is 20.0 Å². The fourth-order valence-corrected chi connectivity index (χ4v) is 3.18. The fourth-order valence-electron chi connectivity index (χ4n) is 2.98. The molecule has 0 aliphatic rings. The van der Waals surface area contributed by atoms with E-state index in [4.69, 9.17) is 11.6 Å². The van der Waals surface area contributed by atoms with E-state index >= 15 is 0 Å². The van der Waals surface area contributed by atoms with Crippen molar-refractivity contribution in [3.05, 3.63) is 87.1 Å². The van der Waals surface area contributed by atoms with E-state index in [1.54, 1.807) is 18.2 Å². The maximum atomic E-state index is 12.4. The highest BCUT2D eigenvalue weighted by atomic mass is 35.5.